The molecule has 0 spiro atoms. The van der Waals surface area contributed by atoms with E-state index in [4.69, 9.17) is 4.74 Å². The third-order valence-electron chi connectivity index (χ3n) is 8.16. The first-order valence-electron chi connectivity index (χ1n) is 15.3. The number of halogens is 3. The Kier molecular flexibility index (Phi) is 9.68. The Balaban J connectivity index is 0.000000229. The Labute approximate surface area is 290 Å². The minimum Gasteiger partial charge on any atom is -0.480 e. The molecule has 0 saturated heterocycles. The zero-order valence-electron chi connectivity index (χ0n) is 27.1. The standard InChI is InChI=1S/C23H21F3N2O4S2.C12H12N2S/c1-13-10-27-21(33-13)15-4-5-16-11-28(12-17(16)8-15)22(29)19-9-18(34(3,30)31)6-7-20(19)32-14(2)23(24,25)26;1-8-5-14-12(15-8)9-2-3-10-6-13-7-11(10)4-9/h4-10,14H,11-12H2,1-3H3;2-5,13H,6-7H2,1H3/t14-;/m0./s1. The van der Waals surface area contributed by atoms with Crippen molar-refractivity contribution >= 4 is 38.4 Å². The van der Waals surface area contributed by atoms with Gasteiger partial charge in [-0.25, -0.2) is 18.4 Å². The first-order chi connectivity index (χ1) is 23.2. The minimum atomic E-state index is -4.65. The van der Waals surface area contributed by atoms with E-state index in [2.05, 4.69) is 40.4 Å². The van der Waals surface area contributed by atoms with Crippen molar-refractivity contribution in [3.63, 3.8) is 0 Å². The zero-order chi connectivity index (χ0) is 35.1. The summed E-state index contributed by atoms with van der Waals surface area (Å²) in [5.41, 5.74) is 6.55. The molecule has 0 bridgehead atoms. The molecular weight excluding hydrogens is 694 g/mol. The van der Waals surface area contributed by atoms with Crippen LogP contribution in [0.1, 0.15) is 49.3 Å². The molecule has 5 aromatic rings. The van der Waals surface area contributed by atoms with Crippen LogP contribution in [0.4, 0.5) is 13.2 Å². The van der Waals surface area contributed by atoms with Gasteiger partial charge >= 0.3 is 6.18 Å². The second kappa shape index (κ2) is 13.7. The van der Waals surface area contributed by atoms with Gasteiger partial charge in [0.1, 0.15) is 15.8 Å². The van der Waals surface area contributed by atoms with Crippen LogP contribution in [0.15, 0.2) is 71.9 Å². The van der Waals surface area contributed by atoms with Gasteiger partial charge < -0.3 is 15.0 Å². The van der Waals surface area contributed by atoms with E-state index in [1.807, 2.05) is 31.3 Å². The van der Waals surface area contributed by atoms with Crippen molar-refractivity contribution in [1.29, 1.82) is 0 Å². The topological polar surface area (TPSA) is 101 Å². The number of nitrogens with zero attached hydrogens (tertiary/aromatic N) is 3. The Morgan fingerprint density at radius 3 is 2.00 bits per heavy atom. The average molecular weight is 727 g/mol. The lowest BCUT2D eigenvalue weighted by molar-refractivity contribution is -0.189. The van der Waals surface area contributed by atoms with Crippen LogP contribution in [0.25, 0.3) is 21.1 Å². The molecule has 1 atom stereocenters. The molecule has 256 valence electrons. The smallest absolute Gasteiger partial charge is 0.425 e. The first-order valence-corrected chi connectivity index (χ1v) is 18.8. The molecular formula is C35H33F3N4O4S3. The summed E-state index contributed by atoms with van der Waals surface area (Å²) in [5, 5.41) is 5.33. The van der Waals surface area contributed by atoms with E-state index in [0.29, 0.717) is 0 Å². The number of alkyl halides is 3. The molecule has 0 saturated carbocycles. The number of thiazole rings is 2. The van der Waals surface area contributed by atoms with Crippen molar-refractivity contribution in [2.24, 2.45) is 0 Å². The van der Waals surface area contributed by atoms with Crippen molar-refractivity contribution in [3.05, 3.63) is 105 Å². The first kappa shape index (κ1) is 34.7. The van der Waals surface area contributed by atoms with Crippen LogP contribution in [0.3, 0.4) is 0 Å². The predicted octanol–water partition coefficient (Wildman–Crippen LogP) is 7.73. The zero-order valence-corrected chi connectivity index (χ0v) is 29.5. The lowest BCUT2D eigenvalue weighted by Crippen LogP contribution is -2.32. The van der Waals surface area contributed by atoms with E-state index in [-0.39, 0.29) is 29.3 Å². The highest BCUT2D eigenvalue weighted by atomic mass is 32.2. The lowest BCUT2D eigenvalue weighted by atomic mass is 10.1. The molecule has 8 nitrogen and oxygen atoms in total. The maximum Gasteiger partial charge on any atom is 0.425 e. The molecule has 4 heterocycles. The van der Waals surface area contributed by atoms with Gasteiger partial charge in [-0.3, -0.25) is 4.79 Å². The second-order valence-corrected chi connectivity index (χ2v) is 16.5. The number of aryl methyl sites for hydroxylation is 2. The minimum absolute atomic E-state index is 0.180. The molecule has 1 N–H and O–H groups in total. The summed E-state index contributed by atoms with van der Waals surface area (Å²) in [7, 11) is -3.70. The Hall–Kier alpha value is -4.11. The number of carbonyl (C=O) groups excluding carboxylic acids is 1. The van der Waals surface area contributed by atoms with Crippen LogP contribution in [0, 0.1) is 13.8 Å². The third-order valence-corrected chi connectivity index (χ3v) is 11.2. The third kappa shape index (κ3) is 7.88. The van der Waals surface area contributed by atoms with Crippen molar-refractivity contribution in [1.82, 2.24) is 20.2 Å². The summed E-state index contributed by atoms with van der Waals surface area (Å²) < 4.78 is 68.3. The van der Waals surface area contributed by atoms with E-state index in [1.54, 1.807) is 28.9 Å². The Morgan fingerprint density at radius 2 is 1.43 bits per heavy atom. The number of rotatable bonds is 6. The molecule has 7 rings (SSSR count). The summed E-state index contributed by atoms with van der Waals surface area (Å²) in [6.07, 6.45) is -2.15. The second-order valence-electron chi connectivity index (χ2n) is 12.0. The van der Waals surface area contributed by atoms with Gasteiger partial charge in [0.2, 0.25) is 0 Å². The summed E-state index contributed by atoms with van der Waals surface area (Å²) in [6, 6.07) is 15.7. The van der Waals surface area contributed by atoms with Crippen molar-refractivity contribution < 1.29 is 31.1 Å². The number of nitrogens with one attached hydrogen (secondary N) is 1. The van der Waals surface area contributed by atoms with Crippen molar-refractivity contribution in [2.45, 2.75) is 64.1 Å². The molecule has 2 aliphatic rings. The largest absolute Gasteiger partial charge is 0.480 e. The summed E-state index contributed by atoms with van der Waals surface area (Å²) in [6.45, 7) is 7.34. The number of ether oxygens (including phenoxy) is 1. The van der Waals surface area contributed by atoms with Crippen LogP contribution >= 0.6 is 22.7 Å². The van der Waals surface area contributed by atoms with Crippen LogP contribution in [0.2, 0.25) is 0 Å². The highest BCUT2D eigenvalue weighted by Gasteiger charge is 2.39. The van der Waals surface area contributed by atoms with Crippen molar-refractivity contribution in [3.8, 4) is 26.9 Å². The molecule has 0 unspecified atom stereocenters. The molecule has 14 heteroatoms. The fourth-order valence-corrected chi connectivity index (χ4v) is 7.68. The van der Waals surface area contributed by atoms with E-state index in [1.165, 1.54) is 26.5 Å². The summed E-state index contributed by atoms with van der Waals surface area (Å²) in [4.78, 5) is 25.8. The van der Waals surface area contributed by atoms with Gasteiger partial charge in [-0.05, 0) is 73.4 Å². The van der Waals surface area contributed by atoms with E-state index >= 15 is 0 Å². The molecule has 1 amide bonds. The lowest BCUT2D eigenvalue weighted by Gasteiger charge is -2.22. The van der Waals surface area contributed by atoms with Gasteiger partial charge in [-0.15, -0.1) is 22.7 Å². The van der Waals surface area contributed by atoms with E-state index < -0.39 is 28.0 Å². The average Bonchev–Trinajstić information content (AvgIpc) is 3.86. The molecule has 0 aliphatic carbocycles. The number of benzene rings is 3. The molecule has 0 radical (unpaired) electrons. The van der Waals surface area contributed by atoms with Gasteiger partial charge in [0.25, 0.3) is 5.91 Å². The fourth-order valence-electron chi connectivity index (χ4n) is 5.51. The molecule has 2 aliphatic heterocycles. The predicted molar refractivity (Wildman–Crippen MR) is 184 cm³/mol. The highest BCUT2D eigenvalue weighted by molar-refractivity contribution is 7.90. The molecule has 2 aromatic heterocycles. The number of hydrogen-bond donors (Lipinski definition) is 1. The Bertz CT molecular complexity index is 2140. The number of carbonyl (C=O) groups is 1. The summed E-state index contributed by atoms with van der Waals surface area (Å²) >= 11 is 3.30. The van der Waals surface area contributed by atoms with Crippen LogP contribution in [-0.4, -0.2) is 47.7 Å². The molecule has 3 aromatic carbocycles. The van der Waals surface area contributed by atoms with Crippen molar-refractivity contribution in [2.75, 3.05) is 6.26 Å². The van der Waals surface area contributed by atoms with Crippen LogP contribution in [0.5, 0.6) is 5.75 Å². The maximum absolute atomic E-state index is 13.4. The molecule has 49 heavy (non-hydrogen) atoms. The number of amides is 1. The number of hydrogen-bond acceptors (Lipinski definition) is 9. The van der Waals surface area contributed by atoms with Gasteiger partial charge in [-0.1, -0.05) is 24.3 Å². The van der Waals surface area contributed by atoms with Crippen LogP contribution in [-0.2, 0) is 36.0 Å². The highest BCUT2D eigenvalue weighted by Crippen LogP contribution is 2.34. The molecule has 0 fully saturated rings. The number of aromatic nitrogens is 2. The van der Waals surface area contributed by atoms with Crippen LogP contribution < -0.4 is 10.1 Å². The summed E-state index contributed by atoms with van der Waals surface area (Å²) in [5.74, 6) is -0.935. The normalized spacial score (nSPS) is 14.6. The van der Waals surface area contributed by atoms with Gasteiger partial charge in [0.05, 0.1) is 10.5 Å². The number of fused-ring (bicyclic) bond motifs is 2. The Morgan fingerprint density at radius 1 is 0.857 bits per heavy atom. The quantitative estimate of drug-likeness (QED) is 0.191. The van der Waals surface area contributed by atoms with Gasteiger partial charge in [0.15, 0.2) is 15.9 Å². The SMILES string of the molecule is Cc1cnc(-c2ccc3c(c2)CN(C(=O)c2cc(S(C)(=O)=O)ccc2O[C@@H](C)C(F)(F)F)C3)s1.Cc1cnc(-c2ccc3c(c2)CNC3)s1. The van der Waals surface area contributed by atoms with E-state index in [9.17, 15) is 26.4 Å². The van der Waals surface area contributed by atoms with Gasteiger partial charge in [-0.2, -0.15) is 13.2 Å². The number of sulfone groups is 1. The van der Waals surface area contributed by atoms with E-state index in [0.717, 1.165) is 76.1 Å². The maximum atomic E-state index is 13.4. The van der Waals surface area contributed by atoms with Gasteiger partial charge in [0, 0.05) is 65.7 Å². The monoisotopic (exact) mass is 726 g/mol. The fraction of sp³-hybridized carbons (Fsp3) is 0.286.